The molecule has 1 N–H and O–H groups in total. The lowest BCUT2D eigenvalue weighted by Crippen LogP contribution is -2.18. The standard InChI is InChI=1S/C16H15ClFNO2/c1-19(9-11-5-7-13(18)8-6-11)10-12-3-2-4-14(15(12)17)16(20)21/h2-8H,9-10H2,1H3,(H,20,21). The van der Waals surface area contributed by atoms with Gasteiger partial charge in [-0.15, -0.1) is 0 Å². The van der Waals surface area contributed by atoms with Crippen LogP contribution in [-0.2, 0) is 13.1 Å². The predicted octanol–water partition coefficient (Wildman–Crippen LogP) is 3.81. The first-order valence-corrected chi connectivity index (χ1v) is 6.79. The number of rotatable bonds is 5. The van der Waals surface area contributed by atoms with Crippen molar-refractivity contribution in [3.8, 4) is 0 Å². The average molecular weight is 308 g/mol. The minimum absolute atomic E-state index is 0.101. The lowest BCUT2D eigenvalue weighted by molar-refractivity contribution is 0.0697. The summed E-state index contributed by atoms with van der Waals surface area (Å²) in [7, 11) is 1.90. The van der Waals surface area contributed by atoms with Crippen LogP contribution in [0.5, 0.6) is 0 Å². The lowest BCUT2D eigenvalue weighted by atomic mass is 10.1. The van der Waals surface area contributed by atoms with Crippen molar-refractivity contribution in [3.63, 3.8) is 0 Å². The topological polar surface area (TPSA) is 40.5 Å². The fourth-order valence-electron chi connectivity index (χ4n) is 2.12. The molecule has 21 heavy (non-hydrogen) atoms. The van der Waals surface area contributed by atoms with Gasteiger partial charge in [-0.2, -0.15) is 0 Å². The van der Waals surface area contributed by atoms with Crippen LogP contribution in [-0.4, -0.2) is 23.0 Å². The van der Waals surface area contributed by atoms with E-state index in [9.17, 15) is 9.18 Å². The highest BCUT2D eigenvalue weighted by Crippen LogP contribution is 2.23. The van der Waals surface area contributed by atoms with Crippen LogP contribution in [0.25, 0.3) is 0 Å². The highest BCUT2D eigenvalue weighted by molar-refractivity contribution is 6.34. The Morgan fingerprint density at radius 1 is 1.19 bits per heavy atom. The van der Waals surface area contributed by atoms with Gasteiger partial charge in [0.05, 0.1) is 10.6 Å². The zero-order chi connectivity index (χ0) is 15.4. The molecule has 110 valence electrons. The summed E-state index contributed by atoms with van der Waals surface area (Å²) >= 11 is 6.11. The van der Waals surface area contributed by atoms with E-state index < -0.39 is 5.97 Å². The monoisotopic (exact) mass is 307 g/mol. The van der Waals surface area contributed by atoms with E-state index in [1.54, 1.807) is 24.3 Å². The smallest absolute Gasteiger partial charge is 0.337 e. The van der Waals surface area contributed by atoms with Crippen molar-refractivity contribution >= 4 is 17.6 Å². The van der Waals surface area contributed by atoms with Gasteiger partial charge in [-0.1, -0.05) is 35.9 Å². The second kappa shape index (κ2) is 6.70. The first kappa shape index (κ1) is 15.5. The second-order valence-corrected chi connectivity index (χ2v) is 5.26. The van der Waals surface area contributed by atoms with E-state index in [1.165, 1.54) is 18.2 Å². The molecule has 2 aromatic carbocycles. The molecule has 0 unspecified atom stereocenters. The Labute approximate surface area is 127 Å². The molecule has 0 saturated heterocycles. The first-order chi connectivity index (χ1) is 9.97. The van der Waals surface area contributed by atoms with Crippen molar-refractivity contribution in [2.24, 2.45) is 0 Å². The van der Waals surface area contributed by atoms with Gasteiger partial charge in [0.15, 0.2) is 0 Å². The van der Waals surface area contributed by atoms with Gasteiger partial charge < -0.3 is 5.11 Å². The molecule has 0 heterocycles. The summed E-state index contributed by atoms with van der Waals surface area (Å²) in [6.45, 7) is 1.13. The van der Waals surface area contributed by atoms with Crippen molar-refractivity contribution in [1.82, 2.24) is 4.90 Å². The highest BCUT2D eigenvalue weighted by atomic mass is 35.5. The quantitative estimate of drug-likeness (QED) is 0.913. The molecule has 0 spiro atoms. The fourth-order valence-corrected chi connectivity index (χ4v) is 2.38. The van der Waals surface area contributed by atoms with Crippen LogP contribution in [0.1, 0.15) is 21.5 Å². The van der Waals surface area contributed by atoms with Gasteiger partial charge in [-0.05, 0) is 36.4 Å². The zero-order valence-electron chi connectivity index (χ0n) is 11.5. The van der Waals surface area contributed by atoms with Crippen molar-refractivity contribution in [2.75, 3.05) is 7.05 Å². The van der Waals surface area contributed by atoms with Crippen LogP contribution in [0.4, 0.5) is 4.39 Å². The largest absolute Gasteiger partial charge is 0.478 e. The minimum atomic E-state index is -1.04. The van der Waals surface area contributed by atoms with Crippen molar-refractivity contribution < 1.29 is 14.3 Å². The summed E-state index contributed by atoms with van der Waals surface area (Å²) in [5.74, 6) is -1.30. The third-order valence-corrected chi connectivity index (χ3v) is 3.56. The summed E-state index contributed by atoms with van der Waals surface area (Å²) in [5, 5.41) is 9.31. The first-order valence-electron chi connectivity index (χ1n) is 6.41. The van der Waals surface area contributed by atoms with E-state index in [0.717, 1.165) is 11.1 Å². The van der Waals surface area contributed by atoms with Crippen LogP contribution in [0.3, 0.4) is 0 Å². The molecule has 0 bridgehead atoms. The molecule has 3 nitrogen and oxygen atoms in total. The van der Waals surface area contributed by atoms with Crippen molar-refractivity contribution in [3.05, 3.63) is 70.0 Å². The Morgan fingerprint density at radius 2 is 1.86 bits per heavy atom. The van der Waals surface area contributed by atoms with Gasteiger partial charge in [0.1, 0.15) is 5.82 Å². The van der Waals surface area contributed by atoms with Crippen LogP contribution in [0, 0.1) is 5.82 Å². The molecule has 2 rings (SSSR count). The molecule has 2 aromatic rings. The number of carbonyl (C=O) groups is 1. The number of carboxylic acid groups (broad SMARTS) is 1. The Hall–Kier alpha value is -1.91. The molecule has 0 amide bonds. The Morgan fingerprint density at radius 3 is 2.48 bits per heavy atom. The van der Waals surface area contributed by atoms with Crippen LogP contribution >= 0.6 is 11.6 Å². The van der Waals surface area contributed by atoms with Crippen molar-refractivity contribution in [1.29, 1.82) is 0 Å². The van der Waals surface area contributed by atoms with Crippen LogP contribution in [0.2, 0.25) is 5.02 Å². The number of hydrogen-bond donors (Lipinski definition) is 1. The summed E-state index contributed by atoms with van der Waals surface area (Å²) in [4.78, 5) is 13.0. The van der Waals surface area contributed by atoms with Gasteiger partial charge in [0, 0.05) is 13.1 Å². The average Bonchev–Trinajstić information content (AvgIpc) is 2.43. The van der Waals surface area contributed by atoms with E-state index >= 15 is 0 Å². The van der Waals surface area contributed by atoms with Gasteiger partial charge in [0.25, 0.3) is 0 Å². The molecule has 0 aliphatic heterocycles. The van der Waals surface area contributed by atoms with E-state index in [4.69, 9.17) is 16.7 Å². The summed E-state index contributed by atoms with van der Waals surface area (Å²) in [5.41, 5.74) is 1.83. The van der Waals surface area contributed by atoms with Crippen molar-refractivity contribution in [2.45, 2.75) is 13.1 Å². The number of nitrogens with zero attached hydrogens (tertiary/aromatic N) is 1. The van der Waals surface area contributed by atoms with E-state index in [0.29, 0.717) is 13.1 Å². The van der Waals surface area contributed by atoms with E-state index in [-0.39, 0.29) is 16.4 Å². The molecular weight excluding hydrogens is 293 g/mol. The molecule has 0 saturated carbocycles. The third kappa shape index (κ3) is 4.03. The SMILES string of the molecule is CN(Cc1ccc(F)cc1)Cc1cccc(C(=O)O)c1Cl. The van der Waals surface area contributed by atoms with Gasteiger partial charge in [-0.25, -0.2) is 9.18 Å². The summed E-state index contributed by atoms with van der Waals surface area (Å²) in [6, 6.07) is 11.2. The van der Waals surface area contributed by atoms with Gasteiger partial charge >= 0.3 is 5.97 Å². The second-order valence-electron chi connectivity index (χ2n) is 4.88. The molecule has 0 aromatic heterocycles. The Bertz CT molecular complexity index is 643. The molecule has 5 heteroatoms. The maximum absolute atomic E-state index is 12.9. The van der Waals surface area contributed by atoms with Crippen LogP contribution < -0.4 is 0 Å². The normalized spacial score (nSPS) is 10.9. The lowest BCUT2D eigenvalue weighted by Gasteiger charge is -2.18. The molecule has 0 aliphatic carbocycles. The summed E-state index contributed by atoms with van der Waals surface area (Å²) in [6.07, 6.45) is 0. The van der Waals surface area contributed by atoms with E-state index in [2.05, 4.69) is 0 Å². The third-order valence-electron chi connectivity index (χ3n) is 3.12. The molecular formula is C16H15ClFNO2. The highest BCUT2D eigenvalue weighted by Gasteiger charge is 2.13. The minimum Gasteiger partial charge on any atom is -0.478 e. The molecule has 0 aliphatic rings. The summed E-state index contributed by atoms with van der Waals surface area (Å²) < 4.78 is 12.9. The fraction of sp³-hybridized carbons (Fsp3) is 0.188. The number of benzene rings is 2. The predicted molar refractivity (Wildman–Crippen MR) is 80.0 cm³/mol. The zero-order valence-corrected chi connectivity index (χ0v) is 12.3. The Kier molecular flexibility index (Phi) is 4.94. The Balaban J connectivity index is 2.09. The molecule has 0 radical (unpaired) electrons. The molecule has 0 fully saturated rings. The van der Waals surface area contributed by atoms with Gasteiger partial charge in [0.2, 0.25) is 0 Å². The van der Waals surface area contributed by atoms with Crippen LogP contribution in [0.15, 0.2) is 42.5 Å². The maximum atomic E-state index is 12.9. The van der Waals surface area contributed by atoms with E-state index in [1.807, 2.05) is 11.9 Å². The number of hydrogen-bond acceptors (Lipinski definition) is 2. The number of aromatic carboxylic acids is 1. The van der Waals surface area contributed by atoms with Gasteiger partial charge in [-0.3, -0.25) is 4.90 Å². The maximum Gasteiger partial charge on any atom is 0.337 e. The molecule has 0 atom stereocenters. The number of halogens is 2. The number of carboxylic acids is 1.